The van der Waals surface area contributed by atoms with Gasteiger partial charge in [-0.1, -0.05) is 18.2 Å². The maximum Gasteiger partial charge on any atom is 0.219 e. The number of aliphatic imine (C=N–C) groups is 1. The highest BCUT2D eigenvalue weighted by molar-refractivity contribution is 14.0. The lowest BCUT2D eigenvalue weighted by atomic mass is 10.1. The van der Waals surface area contributed by atoms with E-state index in [0.717, 1.165) is 67.5 Å². The molecule has 0 bridgehead atoms. The van der Waals surface area contributed by atoms with Crippen LogP contribution in [-0.2, 0) is 11.3 Å². The Balaban J connectivity index is 0.00000280. The van der Waals surface area contributed by atoms with Crippen LogP contribution in [0.5, 0.6) is 0 Å². The van der Waals surface area contributed by atoms with Crippen molar-refractivity contribution >= 4 is 46.8 Å². The molecule has 0 radical (unpaired) electrons. The van der Waals surface area contributed by atoms with Crippen LogP contribution in [0, 0.1) is 6.92 Å². The molecule has 1 amide bonds. The van der Waals surface area contributed by atoms with E-state index in [2.05, 4.69) is 33.5 Å². The van der Waals surface area contributed by atoms with Crippen molar-refractivity contribution in [3.63, 3.8) is 0 Å². The van der Waals surface area contributed by atoms with E-state index in [9.17, 15) is 4.79 Å². The number of carbonyl (C=O) groups excluding carboxylic acids is 1. The van der Waals surface area contributed by atoms with Crippen LogP contribution in [0.3, 0.4) is 0 Å². The van der Waals surface area contributed by atoms with Gasteiger partial charge in [-0.25, -0.2) is 0 Å². The second kappa shape index (κ2) is 10.7. The van der Waals surface area contributed by atoms with Gasteiger partial charge in [0.25, 0.3) is 0 Å². The van der Waals surface area contributed by atoms with E-state index in [1.807, 2.05) is 23.1 Å². The van der Waals surface area contributed by atoms with Gasteiger partial charge in [0.1, 0.15) is 11.3 Å². The summed E-state index contributed by atoms with van der Waals surface area (Å²) in [5.41, 5.74) is 2.08. The van der Waals surface area contributed by atoms with Gasteiger partial charge in [0.05, 0.1) is 6.54 Å². The van der Waals surface area contributed by atoms with Gasteiger partial charge in [-0.2, -0.15) is 0 Å². The van der Waals surface area contributed by atoms with E-state index in [1.54, 1.807) is 14.0 Å². The summed E-state index contributed by atoms with van der Waals surface area (Å²) in [5, 5.41) is 7.82. The summed E-state index contributed by atoms with van der Waals surface area (Å²) in [6.45, 7) is 9.51. The van der Waals surface area contributed by atoms with Crippen molar-refractivity contribution in [1.82, 2.24) is 20.4 Å². The van der Waals surface area contributed by atoms with E-state index in [4.69, 9.17) is 4.42 Å². The number of piperazine rings is 1. The van der Waals surface area contributed by atoms with E-state index < -0.39 is 0 Å². The molecular weight excluding hydrogens is 469 g/mol. The van der Waals surface area contributed by atoms with Crippen molar-refractivity contribution in [2.45, 2.75) is 20.4 Å². The molecule has 1 aliphatic rings. The summed E-state index contributed by atoms with van der Waals surface area (Å²) in [5.74, 6) is 1.86. The predicted octanol–water partition coefficient (Wildman–Crippen LogP) is 2.19. The zero-order valence-corrected chi connectivity index (χ0v) is 19.2. The minimum absolute atomic E-state index is 0. The molecule has 2 N–H and O–H groups in total. The average molecular weight is 499 g/mol. The lowest BCUT2D eigenvalue weighted by Gasteiger charge is -2.34. The number of hydrogen-bond acceptors (Lipinski definition) is 4. The SMILES string of the molecule is CN=C(NCCN1CCN(C(C)=O)CC1)NCc1oc2ccccc2c1C.I. The van der Waals surface area contributed by atoms with E-state index in [1.165, 1.54) is 0 Å². The smallest absolute Gasteiger partial charge is 0.219 e. The Morgan fingerprint density at radius 3 is 2.54 bits per heavy atom. The minimum Gasteiger partial charge on any atom is -0.459 e. The quantitative estimate of drug-likeness (QED) is 0.375. The minimum atomic E-state index is 0. The fourth-order valence-corrected chi connectivity index (χ4v) is 3.40. The van der Waals surface area contributed by atoms with Crippen LogP contribution in [0.4, 0.5) is 0 Å². The van der Waals surface area contributed by atoms with Crippen LogP contribution in [0.1, 0.15) is 18.2 Å². The third-order valence-electron chi connectivity index (χ3n) is 5.12. The molecule has 1 aromatic carbocycles. The van der Waals surface area contributed by atoms with Crippen LogP contribution in [-0.4, -0.2) is 68.0 Å². The number of aryl methyl sites for hydroxylation is 1. The third-order valence-corrected chi connectivity index (χ3v) is 5.12. The summed E-state index contributed by atoms with van der Waals surface area (Å²) < 4.78 is 5.94. The Morgan fingerprint density at radius 2 is 1.89 bits per heavy atom. The number of carbonyl (C=O) groups is 1. The number of fused-ring (bicyclic) bond motifs is 1. The predicted molar refractivity (Wildman–Crippen MR) is 123 cm³/mol. The molecule has 28 heavy (non-hydrogen) atoms. The number of para-hydroxylation sites is 1. The standard InChI is InChI=1S/C20H29N5O2.HI/c1-15-17-6-4-5-7-18(17)27-19(15)14-23-20(21-3)22-8-9-24-10-12-25(13-11-24)16(2)26;/h4-7H,8-14H2,1-3H3,(H2,21,22,23);1H. The molecule has 7 nitrogen and oxygen atoms in total. The Kier molecular flexibility index (Phi) is 8.56. The normalized spacial score (nSPS) is 15.4. The number of benzene rings is 1. The fraction of sp³-hybridized carbons (Fsp3) is 0.500. The van der Waals surface area contributed by atoms with Crippen molar-refractivity contribution in [2.24, 2.45) is 4.99 Å². The lowest BCUT2D eigenvalue weighted by molar-refractivity contribution is -0.130. The highest BCUT2D eigenvalue weighted by Crippen LogP contribution is 2.24. The van der Waals surface area contributed by atoms with Crippen molar-refractivity contribution < 1.29 is 9.21 Å². The highest BCUT2D eigenvalue weighted by atomic mass is 127. The van der Waals surface area contributed by atoms with Crippen LogP contribution >= 0.6 is 24.0 Å². The van der Waals surface area contributed by atoms with Crippen LogP contribution in [0.15, 0.2) is 33.7 Å². The number of halogens is 1. The molecule has 1 aromatic heterocycles. The first-order valence-corrected chi connectivity index (χ1v) is 9.48. The third kappa shape index (κ3) is 5.60. The molecule has 0 saturated carbocycles. The van der Waals surface area contributed by atoms with Gasteiger partial charge < -0.3 is 20.0 Å². The maximum absolute atomic E-state index is 11.4. The van der Waals surface area contributed by atoms with Crippen molar-refractivity contribution in [1.29, 1.82) is 0 Å². The number of nitrogens with one attached hydrogen (secondary N) is 2. The number of nitrogens with zero attached hydrogens (tertiary/aromatic N) is 3. The lowest BCUT2D eigenvalue weighted by Crippen LogP contribution is -2.50. The maximum atomic E-state index is 11.4. The molecule has 1 saturated heterocycles. The molecule has 0 spiro atoms. The van der Waals surface area contributed by atoms with E-state index in [-0.39, 0.29) is 29.9 Å². The number of furan rings is 1. The fourth-order valence-electron chi connectivity index (χ4n) is 3.40. The zero-order valence-electron chi connectivity index (χ0n) is 16.8. The van der Waals surface area contributed by atoms with Gasteiger partial charge in [0.2, 0.25) is 5.91 Å². The summed E-state index contributed by atoms with van der Waals surface area (Å²) in [7, 11) is 1.77. The first kappa shape index (κ1) is 22.5. The van der Waals surface area contributed by atoms with Gasteiger partial charge in [-0.15, -0.1) is 24.0 Å². The van der Waals surface area contributed by atoms with Crippen LogP contribution in [0.25, 0.3) is 11.0 Å². The Labute approximate surface area is 183 Å². The molecular formula is C20H30IN5O2. The number of rotatable bonds is 5. The number of hydrogen-bond donors (Lipinski definition) is 2. The molecule has 0 aliphatic carbocycles. The summed E-state index contributed by atoms with van der Waals surface area (Å²) in [4.78, 5) is 19.9. The zero-order chi connectivity index (χ0) is 19.2. The van der Waals surface area contributed by atoms with E-state index >= 15 is 0 Å². The molecule has 3 rings (SSSR count). The van der Waals surface area contributed by atoms with Gasteiger partial charge in [0, 0.05) is 64.2 Å². The second-order valence-electron chi connectivity index (χ2n) is 6.85. The van der Waals surface area contributed by atoms with Crippen molar-refractivity contribution in [3.8, 4) is 0 Å². The molecule has 0 atom stereocenters. The number of guanidine groups is 1. The van der Waals surface area contributed by atoms with Gasteiger partial charge >= 0.3 is 0 Å². The van der Waals surface area contributed by atoms with Gasteiger partial charge in [-0.3, -0.25) is 14.7 Å². The first-order valence-electron chi connectivity index (χ1n) is 9.48. The second-order valence-corrected chi connectivity index (χ2v) is 6.85. The van der Waals surface area contributed by atoms with Gasteiger partial charge in [0.15, 0.2) is 5.96 Å². The molecule has 2 aromatic rings. The van der Waals surface area contributed by atoms with Crippen molar-refractivity contribution in [3.05, 3.63) is 35.6 Å². The molecule has 154 valence electrons. The topological polar surface area (TPSA) is 73.1 Å². The average Bonchev–Trinajstić information content (AvgIpc) is 3.01. The molecule has 2 heterocycles. The summed E-state index contributed by atoms with van der Waals surface area (Å²) >= 11 is 0. The van der Waals surface area contributed by atoms with Crippen molar-refractivity contribution in [2.75, 3.05) is 46.3 Å². The summed E-state index contributed by atoms with van der Waals surface area (Å²) in [6, 6.07) is 8.08. The van der Waals surface area contributed by atoms with Crippen LogP contribution in [0.2, 0.25) is 0 Å². The largest absolute Gasteiger partial charge is 0.459 e. The molecule has 1 aliphatic heterocycles. The highest BCUT2D eigenvalue weighted by Gasteiger charge is 2.18. The first-order chi connectivity index (χ1) is 13.1. The van der Waals surface area contributed by atoms with E-state index in [0.29, 0.717) is 6.54 Å². The van der Waals surface area contributed by atoms with Crippen LogP contribution < -0.4 is 10.6 Å². The number of amides is 1. The molecule has 1 fully saturated rings. The summed E-state index contributed by atoms with van der Waals surface area (Å²) in [6.07, 6.45) is 0. The monoisotopic (exact) mass is 499 g/mol. The Bertz CT molecular complexity index is 812. The molecule has 0 unspecified atom stereocenters. The molecule has 8 heteroatoms. The van der Waals surface area contributed by atoms with Gasteiger partial charge in [-0.05, 0) is 13.0 Å². The Hall–Kier alpha value is -1.81. The Morgan fingerprint density at radius 1 is 1.18 bits per heavy atom.